The number of aliphatic hydroxyl groups is 4. The first-order valence-electron chi connectivity index (χ1n) is 10.4. The molecule has 0 spiro atoms. The van der Waals surface area contributed by atoms with Crippen molar-refractivity contribution in [3.8, 4) is 0 Å². The lowest BCUT2D eigenvalue weighted by atomic mass is 9.44. The van der Waals surface area contributed by atoms with Gasteiger partial charge in [-0.25, -0.2) is 0 Å². The van der Waals surface area contributed by atoms with Crippen molar-refractivity contribution in [2.45, 2.75) is 83.0 Å². The first-order chi connectivity index (χ1) is 12.2. The maximum Gasteiger partial charge on any atom is 0.137 e. The molecule has 5 heteroatoms. The Morgan fingerprint density at radius 3 is 2.58 bits per heavy atom. The van der Waals surface area contributed by atoms with E-state index in [1.165, 1.54) is 0 Å². The first-order valence-corrected chi connectivity index (χ1v) is 10.4. The van der Waals surface area contributed by atoms with E-state index in [4.69, 9.17) is 0 Å². The first kappa shape index (κ1) is 18.9. The molecule has 0 unspecified atom stereocenters. The molecule has 0 aliphatic heterocycles. The van der Waals surface area contributed by atoms with Crippen molar-refractivity contribution in [1.82, 2.24) is 0 Å². The molecular formula is C21H34O5. The van der Waals surface area contributed by atoms with Crippen LogP contribution in [0.15, 0.2) is 0 Å². The Morgan fingerprint density at radius 2 is 1.88 bits per heavy atom. The normalized spacial score (nSPS) is 55.0. The molecule has 4 aliphatic carbocycles. The third-order valence-corrected chi connectivity index (χ3v) is 9.27. The average Bonchev–Trinajstić information content (AvgIpc) is 2.86. The lowest BCUT2D eigenvalue weighted by molar-refractivity contribution is -0.196. The van der Waals surface area contributed by atoms with Gasteiger partial charge in [0.2, 0.25) is 0 Å². The highest BCUT2D eigenvalue weighted by Crippen LogP contribution is 2.67. The fraction of sp³-hybridized carbons (Fsp3) is 0.952. The van der Waals surface area contributed by atoms with Gasteiger partial charge in [-0.15, -0.1) is 0 Å². The molecule has 0 saturated heterocycles. The standard InChI is InChI=1S/C21H34O5/c1-19-7-5-13(23)9-12(19)3-4-14-15-6-8-21(26,17(25)11-22)20(15,2)10-16(24)18(14)19/h12-15,17-18,22-23,25-26H,3-11H2,1-2H3/t12-,13-,14+,15+,17-,18-,19+,20+,21+/m1/s1. The van der Waals surface area contributed by atoms with Crippen LogP contribution in [0.2, 0.25) is 0 Å². The molecule has 148 valence electrons. The van der Waals surface area contributed by atoms with Crippen LogP contribution in [-0.4, -0.2) is 50.6 Å². The average molecular weight is 366 g/mol. The van der Waals surface area contributed by atoms with E-state index in [2.05, 4.69) is 6.92 Å². The van der Waals surface area contributed by atoms with Gasteiger partial charge >= 0.3 is 0 Å². The van der Waals surface area contributed by atoms with Gasteiger partial charge in [0.15, 0.2) is 0 Å². The summed E-state index contributed by atoms with van der Waals surface area (Å²) in [6, 6.07) is 0. The topological polar surface area (TPSA) is 98.0 Å². The van der Waals surface area contributed by atoms with Crippen molar-refractivity contribution in [3.05, 3.63) is 0 Å². The number of hydrogen-bond acceptors (Lipinski definition) is 5. The number of carbonyl (C=O) groups excluding carboxylic acids is 1. The van der Waals surface area contributed by atoms with Gasteiger partial charge in [-0.3, -0.25) is 4.79 Å². The summed E-state index contributed by atoms with van der Waals surface area (Å²) in [7, 11) is 0. The van der Waals surface area contributed by atoms with Gasteiger partial charge in [0, 0.05) is 17.8 Å². The number of aliphatic hydroxyl groups excluding tert-OH is 3. The fourth-order valence-electron chi connectivity index (χ4n) is 7.79. The van der Waals surface area contributed by atoms with Crippen LogP contribution in [0.3, 0.4) is 0 Å². The van der Waals surface area contributed by atoms with E-state index in [1.807, 2.05) is 6.92 Å². The summed E-state index contributed by atoms with van der Waals surface area (Å²) in [4.78, 5) is 13.4. The number of hydrogen-bond donors (Lipinski definition) is 4. The molecule has 0 heterocycles. The zero-order valence-corrected chi connectivity index (χ0v) is 16.0. The second-order valence-corrected chi connectivity index (χ2v) is 10.2. The fourth-order valence-corrected chi connectivity index (χ4v) is 7.79. The van der Waals surface area contributed by atoms with Gasteiger partial charge < -0.3 is 20.4 Å². The molecule has 4 N–H and O–H groups in total. The Labute approximate surface area is 155 Å². The number of ketones is 1. The number of carbonyl (C=O) groups is 1. The molecule has 0 aromatic carbocycles. The monoisotopic (exact) mass is 366 g/mol. The van der Waals surface area contributed by atoms with Crippen LogP contribution in [-0.2, 0) is 4.79 Å². The van der Waals surface area contributed by atoms with Crippen molar-refractivity contribution < 1.29 is 25.2 Å². The molecule has 4 saturated carbocycles. The third-order valence-electron chi connectivity index (χ3n) is 9.27. The summed E-state index contributed by atoms with van der Waals surface area (Å²) in [5, 5.41) is 41.2. The molecule has 9 atom stereocenters. The molecule has 0 bridgehead atoms. The van der Waals surface area contributed by atoms with E-state index in [-0.39, 0.29) is 41.5 Å². The molecule has 4 rings (SSSR count). The van der Waals surface area contributed by atoms with Gasteiger partial charge in [0.05, 0.1) is 18.3 Å². The van der Waals surface area contributed by atoms with Crippen LogP contribution in [0.25, 0.3) is 0 Å². The minimum Gasteiger partial charge on any atom is -0.394 e. The minimum atomic E-state index is -1.38. The largest absolute Gasteiger partial charge is 0.394 e. The quantitative estimate of drug-likeness (QED) is 0.596. The van der Waals surface area contributed by atoms with Crippen molar-refractivity contribution >= 4 is 5.78 Å². The van der Waals surface area contributed by atoms with Gasteiger partial charge in [0.25, 0.3) is 0 Å². The third kappa shape index (κ3) is 2.27. The van der Waals surface area contributed by atoms with Crippen LogP contribution in [0, 0.1) is 34.5 Å². The van der Waals surface area contributed by atoms with Gasteiger partial charge in [-0.1, -0.05) is 13.8 Å². The number of fused-ring (bicyclic) bond motifs is 5. The smallest absolute Gasteiger partial charge is 0.137 e. The van der Waals surface area contributed by atoms with E-state index >= 15 is 0 Å². The van der Waals surface area contributed by atoms with Crippen LogP contribution >= 0.6 is 0 Å². The predicted octanol–water partition coefficient (Wildman–Crippen LogP) is 1.65. The Kier molecular flexibility index (Phi) is 4.35. The van der Waals surface area contributed by atoms with Crippen LogP contribution in [0.5, 0.6) is 0 Å². The molecule has 4 aliphatic rings. The second-order valence-electron chi connectivity index (χ2n) is 10.2. The van der Waals surface area contributed by atoms with E-state index in [9.17, 15) is 25.2 Å². The van der Waals surface area contributed by atoms with Gasteiger partial charge in [-0.2, -0.15) is 0 Å². The van der Waals surface area contributed by atoms with Crippen LogP contribution in [0.4, 0.5) is 0 Å². The molecule has 0 radical (unpaired) electrons. The van der Waals surface area contributed by atoms with E-state index in [0.29, 0.717) is 12.3 Å². The Hall–Kier alpha value is -0.490. The molecule has 0 amide bonds. The number of Topliss-reactive ketones (excluding diaryl/α,β-unsaturated/α-hetero) is 1. The second kappa shape index (κ2) is 6.00. The Bertz CT molecular complexity index is 593. The summed E-state index contributed by atoms with van der Waals surface area (Å²) in [5.41, 5.74) is -2.09. The molecule has 0 aromatic rings. The van der Waals surface area contributed by atoms with Gasteiger partial charge in [-0.05, 0) is 68.1 Å². The Balaban J connectivity index is 1.69. The maximum absolute atomic E-state index is 13.4. The lowest BCUT2D eigenvalue weighted by Crippen LogP contribution is -2.63. The summed E-state index contributed by atoms with van der Waals surface area (Å²) in [6.07, 6.45) is 4.61. The summed E-state index contributed by atoms with van der Waals surface area (Å²) in [5.74, 6) is 1.10. The van der Waals surface area contributed by atoms with Crippen molar-refractivity contribution in [1.29, 1.82) is 0 Å². The lowest BCUT2D eigenvalue weighted by Gasteiger charge is -2.60. The van der Waals surface area contributed by atoms with Gasteiger partial charge in [0.1, 0.15) is 11.9 Å². The summed E-state index contributed by atoms with van der Waals surface area (Å²) in [6.45, 7) is 3.74. The molecule has 4 fully saturated rings. The highest BCUT2D eigenvalue weighted by Gasteiger charge is 2.68. The molecule has 0 aromatic heterocycles. The van der Waals surface area contributed by atoms with E-state index in [1.54, 1.807) is 0 Å². The summed E-state index contributed by atoms with van der Waals surface area (Å²) < 4.78 is 0. The van der Waals surface area contributed by atoms with Crippen molar-refractivity contribution in [2.24, 2.45) is 34.5 Å². The zero-order chi connectivity index (χ0) is 18.9. The van der Waals surface area contributed by atoms with Crippen LogP contribution in [0.1, 0.15) is 65.2 Å². The van der Waals surface area contributed by atoms with Crippen molar-refractivity contribution in [3.63, 3.8) is 0 Å². The SMILES string of the molecule is C[C@]12CC[C@@H](O)C[C@H]1CC[C@@H]1[C@@H]2C(=O)C[C@@]2(C)[C@H]1CC[C@]2(O)[C@H](O)CO. The number of rotatable bonds is 2. The Morgan fingerprint density at radius 1 is 1.15 bits per heavy atom. The summed E-state index contributed by atoms with van der Waals surface area (Å²) >= 11 is 0. The molecular weight excluding hydrogens is 332 g/mol. The molecule has 5 nitrogen and oxygen atoms in total. The zero-order valence-electron chi connectivity index (χ0n) is 16.0. The molecule has 26 heavy (non-hydrogen) atoms. The van der Waals surface area contributed by atoms with E-state index in [0.717, 1.165) is 38.5 Å². The minimum absolute atomic E-state index is 0.0143. The van der Waals surface area contributed by atoms with E-state index < -0.39 is 23.7 Å². The highest BCUT2D eigenvalue weighted by molar-refractivity contribution is 5.84. The van der Waals surface area contributed by atoms with Crippen LogP contribution < -0.4 is 0 Å². The van der Waals surface area contributed by atoms with Crippen molar-refractivity contribution in [2.75, 3.05) is 6.61 Å². The highest BCUT2D eigenvalue weighted by atomic mass is 16.4. The predicted molar refractivity (Wildman–Crippen MR) is 96.2 cm³/mol. The maximum atomic E-state index is 13.4.